The molecule has 160 valence electrons. The number of ether oxygens (including phenoxy) is 1. The molecule has 0 aliphatic carbocycles. The molecule has 0 bridgehead atoms. The van der Waals surface area contributed by atoms with Crippen molar-refractivity contribution in [2.45, 2.75) is 13.8 Å². The number of aromatic nitrogens is 1. The molecular formula is C22H19FIN3O4. The summed E-state index contributed by atoms with van der Waals surface area (Å²) in [5.74, 6) is -1.43. The third-order valence-corrected chi connectivity index (χ3v) is 5.39. The minimum Gasteiger partial charge on any atom is -0.456 e. The smallest absolute Gasteiger partial charge is 0.256 e. The molecule has 0 radical (unpaired) electrons. The SMILES string of the molecule is CC(=O)c1cccc(Oc2cc(=O)n(C)c(Nc3ccc(I)cc3F)c2C(N)=O)c1C. The average molecular weight is 535 g/mol. The Balaban J connectivity index is 2.17. The minimum atomic E-state index is -0.876. The van der Waals surface area contributed by atoms with E-state index >= 15 is 0 Å². The number of nitrogens with one attached hydrogen (secondary N) is 1. The Morgan fingerprint density at radius 2 is 1.87 bits per heavy atom. The lowest BCUT2D eigenvalue weighted by atomic mass is 10.0. The van der Waals surface area contributed by atoms with Crippen LogP contribution in [0.4, 0.5) is 15.9 Å². The van der Waals surface area contributed by atoms with Gasteiger partial charge < -0.3 is 15.8 Å². The highest BCUT2D eigenvalue weighted by Crippen LogP contribution is 2.33. The first kappa shape index (κ1) is 22.5. The number of benzene rings is 2. The number of carbonyl (C=O) groups is 2. The Labute approximate surface area is 191 Å². The highest BCUT2D eigenvalue weighted by Gasteiger charge is 2.22. The number of amides is 1. The van der Waals surface area contributed by atoms with Crippen molar-refractivity contribution in [3.05, 3.63) is 78.9 Å². The normalized spacial score (nSPS) is 10.6. The van der Waals surface area contributed by atoms with Crippen molar-refractivity contribution in [1.82, 2.24) is 4.57 Å². The van der Waals surface area contributed by atoms with Gasteiger partial charge >= 0.3 is 0 Å². The van der Waals surface area contributed by atoms with E-state index in [9.17, 15) is 18.8 Å². The van der Waals surface area contributed by atoms with Crippen molar-refractivity contribution in [2.24, 2.45) is 12.8 Å². The van der Waals surface area contributed by atoms with Gasteiger partial charge in [0.15, 0.2) is 5.78 Å². The van der Waals surface area contributed by atoms with Crippen LogP contribution in [0.25, 0.3) is 0 Å². The van der Waals surface area contributed by atoms with Crippen molar-refractivity contribution >= 4 is 45.8 Å². The Kier molecular flexibility index (Phi) is 6.44. The summed E-state index contributed by atoms with van der Waals surface area (Å²) < 4.78 is 22.1. The molecular weight excluding hydrogens is 516 g/mol. The molecule has 0 spiro atoms. The number of primary amides is 1. The molecule has 3 rings (SSSR count). The quantitative estimate of drug-likeness (QED) is 0.363. The van der Waals surface area contributed by atoms with Crippen molar-refractivity contribution < 1.29 is 18.7 Å². The fourth-order valence-electron chi connectivity index (χ4n) is 3.08. The van der Waals surface area contributed by atoms with Crippen molar-refractivity contribution in [2.75, 3.05) is 5.32 Å². The number of Topliss-reactive ketones (excluding diaryl/α,β-unsaturated/α-hetero) is 1. The molecule has 1 aromatic heterocycles. The van der Waals surface area contributed by atoms with Gasteiger partial charge in [-0.05, 0) is 60.7 Å². The molecule has 2 aromatic carbocycles. The van der Waals surface area contributed by atoms with E-state index in [-0.39, 0.29) is 34.4 Å². The summed E-state index contributed by atoms with van der Waals surface area (Å²) in [5, 5.41) is 2.78. The van der Waals surface area contributed by atoms with Gasteiger partial charge in [0.2, 0.25) is 0 Å². The number of rotatable bonds is 6. The maximum Gasteiger partial charge on any atom is 0.256 e. The Morgan fingerprint density at radius 3 is 2.48 bits per heavy atom. The highest BCUT2D eigenvalue weighted by molar-refractivity contribution is 14.1. The van der Waals surface area contributed by atoms with Gasteiger partial charge in [0, 0.05) is 27.8 Å². The van der Waals surface area contributed by atoms with Crippen LogP contribution >= 0.6 is 22.6 Å². The van der Waals surface area contributed by atoms with Gasteiger partial charge in [-0.2, -0.15) is 0 Å². The molecule has 3 aromatic rings. The van der Waals surface area contributed by atoms with E-state index in [0.717, 1.165) is 10.6 Å². The molecule has 0 fully saturated rings. The maximum absolute atomic E-state index is 14.4. The van der Waals surface area contributed by atoms with Crippen molar-refractivity contribution in [1.29, 1.82) is 0 Å². The van der Waals surface area contributed by atoms with Gasteiger partial charge in [-0.3, -0.25) is 19.0 Å². The number of halogens is 2. The third-order valence-electron chi connectivity index (χ3n) is 4.72. The first-order chi connectivity index (χ1) is 14.6. The van der Waals surface area contributed by atoms with Gasteiger partial charge in [-0.1, -0.05) is 12.1 Å². The predicted molar refractivity (Wildman–Crippen MR) is 124 cm³/mol. The second kappa shape index (κ2) is 8.88. The van der Waals surface area contributed by atoms with E-state index < -0.39 is 17.3 Å². The predicted octanol–water partition coefficient (Wildman–Crippen LogP) is 4.27. The number of ketones is 1. The largest absolute Gasteiger partial charge is 0.456 e. The van der Waals surface area contributed by atoms with Crippen LogP contribution < -0.4 is 21.3 Å². The van der Waals surface area contributed by atoms with Gasteiger partial charge in [0.1, 0.15) is 28.7 Å². The van der Waals surface area contributed by atoms with Crippen LogP contribution in [0.15, 0.2) is 47.3 Å². The molecule has 0 atom stereocenters. The second-order valence-corrected chi connectivity index (χ2v) is 8.08. The molecule has 9 heteroatoms. The van der Waals surface area contributed by atoms with Crippen LogP contribution in [0.1, 0.15) is 33.2 Å². The van der Waals surface area contributed by atoms with Crippen molar-refractivity contribution in [3.8, 4) is 11.5 Å². The first-order valence-electron chi connectivity index (χ1n) is 9.14. The van der Waals surface area contributed by atoms with Gasteiger partial charge in [0.05, 0.1) is 5.69 Å². The monoisotopic (exact) mass is 535 g/mol. The zero-order valence-corrected chi connectivity index (χ0v) is 19.1. The first-order valence-corrected chi connectivity index (χ1v) is 10.2. The molecule has 7 nitrogen and oxygen atoms in total. The zero-order chi connectivity index (χ0) is 22.9. The molecule has 3 N–H and O–H groups in total. The standard InChI is InChI=1S/C22H19FIN3O4/c1-11-14(12(2)28)5-4-6-17(11)31-18-10-19(29)27(3)22(20(18)21(25)30)26-16-8-7-13(24)9-15(16)23/h4-10,26H,1-3H3,(H2,25,30). The molecule has 0 unspecified atom stereocenters. The summed E-state index contributed by atoms with van der Waals surface area (Å²) in [5.41, 5.74) is 6.01. The number of nitrogens with two attached hydrogens (primary N) is 1. The van der Waals surface area contributed by atoms with Crippen LogP contribution in [0.2, 0.25) is 0 Å². The van der Waals surface area contributed by atoms with Crippen LogP contribution in [0, 0.1) is 16.3 Å². The van der Waals surface area contributed by atoms with Crippen molar-refractivity contribution in [3.63, 3.8) is 0 Å². The maximum atomic E-state index is 14.4. The minimum absolute atomic E-state index is 0.0181. The molecule has 1 amide bonds. The van der Waals surface area contributed by atoms with Crippen LogP contribution in [-0.4, -0.2) is 16.3 Å². The Hall–Kier alpha value is -3.21. The number of carbonyl (C=O) groups excluding carboxylic acids is 2. The summed E-state index contributed by atoms with van der Waals surface area (Å²) >= 11 is 1.97. The Bertz CT molecular complexity index is 1270. The number of hydrogen-bond donors (Lipinski definition) is 2. The lowest BCUT2D eigenvalue weighted by Gasteiger charge is -2.19. The second-order valence-electron chi connectivity index (χ2n) is 6.83. The zero-order valence-electron chi connectivity index (χ0n) is 17.0. The van der Waals surface area contributed by atoms with E-state index in [4.69, 9.17) is 10.5 Å². The molecule has 0 saturated carbocycles. The fraction of sp³-hybridized carbons (Fsp3) is 0.136. The van der Waals surface area contributed by atoms with Crippen LogP contribution in [0.3, 0.4) is 0 Å². The van der Waals surface area contributed by atoms with Gasteiger partial charge in [0.25, 0.3) is 11.5 Å². The fourth-order valence-corrected chi connectivity index (χ4v) is 3.54. The van der Waals surface area contributed by atoms with Crippen LogP contribution in [0.5, 0.6) is 11.5 Å². The lowest BCUT2D eigenvalue weighted by Crippen LogP contribution is -2.25. The third kappa shape index (κ3) is 4.61. The summed E-state index contributed by atoms with van der Waals surface area (Å²) in [7, 11) is 1.42. The number of anilines is 2. The van der Waals surface area contributed by atoms with E-state index in [0.29, 0.717) is 14.7 Å². The van der Waals surface area contributed by atoms with E-state index in [2.05, 4.69) is 5.32 Å². The van der Waals surface area contributed by atoms with E-state index in [1.165, 1.54) is 26.1 Å². The number of pyridine rings is 1. The number of hydrogen-bond acceptors (Lipinski definition) is 5. The molecule has 0 saturated heterocycles. The molecule has 0 aliphatic rings. The summed E-state index contributed by atoms with van der Waals surface area (Å²) in [4.78, 5) is 36.7. The summed E-state index contributed by atoms with van der Waals surface area (Å²) in [6, 6.07) is 10.5. The van der Waals surface area contributed by atoms with Gasteiger partial charge in [-0.25, -0.2) is 4.39 Å². The molecule has 0 aliphatic heterocycles. The summed E-state index contributed by atoms with van der Waals surface area (Å²) in [6.45, 7) is 3.12. The topological polar surface area (TPSA) is 103 Å². The van der Waals surface area contributed by atoms with E-state index in [1.54, 1.807) is 31.2 Å². The average Bonchev–Trinajstić information content (AvgIpc) is 2.68. The van der Waals surface area contributed by atoms with Gasteiger partial charge in [-0.15, -0.1) is 0 Å². The molecule has 1 heterocycles. The van der Waals surface area contributed by atoms with Crippen LogP contribution in [-0.2, 0) is 7.05 Å². The lowest BCUT2D eigenvalue weighted by molar-refractivity contribution is 0.0993. The Morgan fingerprint density at radius 1 is 1.16 bits per heavy atom. The van der Waals surface area contributed by atoms with E-state index in [1.807, 2.05) is 22.6 Å². The summed E-state index contributed by atoms with van der Waals surface area (Å²) in [6.07, 6.45) is 0. The molecule has 31 heavy (non-hydrogen) atoms. The highest BCUT2D eigenvalue weighted by atomic mass is 127. The number of nitrogens with zero attached hydrogens (tertiary/aromatic N) is 1.